The number of esters is 1. The van der Waals surface area contributed by atoms with Gasteiger partial charge in [-0.2, -0.15) is 16.8 Å². The molecule has 0 aromatic heterocycles. The molecule has 0 saturated carbocycles. The summed E-state index contributed by atoms with van der Waals surface area (Å²) in [6, 6.07) is 23.4. The van der Waals surface area contributed by atoms with Gasteiger partial charge >= 0.3 is 5.97 Å². The van der Waals surface area contributed by atoms with Crippen LogP contribution in [0.1, 0.15) is 26.3 Å². The summed E-state index contributed by atoms with van der Waals surface area (Å²) in [5.41, 5.74) is 18.7. The lowest BCUT2D eigenvalue weighted by molar-refractivity contribution is 0.0734. The maximum Gasteiger partial charge on any atom is 0.343 e. The van der Waals surface area contributed by atoms with Crippen molar-refractivity contribution in [2.75, 3.05) is 17.8 Å². The predicted molar refractivity (Wildman–Crippen MR) is 171 cm³/mol. The van der Waals surface area contributed by atoms with Gasteiger partial charge in [-0.05, 0) is 77.5 Å². The Hall–Kier alpha value is -5.36. The van der Waals surface area contributed by atoms with Gasteiger partial charge in [0.2, 0.25) is 0 Å². The Morgan fingerprint density at radius 1 is 0.733 bits per heavy atom. The Bertz CT molecular complexity index is 1900. The third kappa shape index (κ3) is 14.1. The molecule has 1 amide bonds. The van der Waals surface area contributed by atoms with Crippen molar-refractivity contribution in [3.05, 3.63) is 102 Å². The van der Waals surface area contributed by atoms with E-state index in [0.29, 0.717) is 46.3 Å². The second-order valence-corrected chi connectivity index (χ2v) is 12.0. The quantitative estimate of drug-likeness (QED) is 0.0517. The van der Waals surface area contributed by atoms with Gasteiger partial charge < -0.3 is 27.3 Å². The minimum Gasteiger partial charge on any atom is -0.423 e. The topological polar surface area (TPSA) is 278 Å². The number of anilines is 1. The molecule has 238 valence electrons. The number of hydrogen-bond acceptors (Lipinski definition) is 9. The number of guanidine groups is 1. The molecule has 4 aromatic carbocycles. The fourth-order valence-electron chi connectivity index (χ4n) is 3.35. The number of nitrogens with one attached hydrogen (secondary N) is 2. The van der Waals surface area contributed by atoms with Crippen LogP contribution < -0.4 is 27.3 Å². The number of benzene rings is 4. The van der Waals surface area contributed by atoms with E-state index in [1.54, 1.807) is 78.9 Å². The van der Waals surface area contributed by atoms with Crippen molar-refractivity contribution in [1.29, 1.82) is 5.41 Å². The first-order valence-electron chi connectivity index (χ1n) is 12.3. The highest BCUT2D eigenvalue weighted by molar-refractivity contribution is 7.85. The van der Waals surface area contributed by atoms with Crippen molar-refractivity contribution in [2.45, 2.75) is 0 Å². The fourth-order valence-corrected chi connectivity index (χ4v) is 3.35. The Morgan fingerprint density at radius 2 is 1.20 bits per heavy atom. The van der Waals surface area contributed by atoms with E-state index in [-0.39, 0.29) is 17.7 Å². The monoisotopic (exact) mass is 658 g/mol. The fraction of sp³-hybridized carbons (Fsp3) is 0.0714. The second-order valence-electron chi connectivity index (χ2n) is 9.11. The predicted octanol–water partition coefficient (Wildman–Crippen LogP) is 2.51. The molecule has 0 aliphatic rings. The van der Waals surface area contributed by atoms with Crippen molar-refractivity contribution >= 4 is 66.1 Å². The standard InChI is InChI=1S/C26H22N6O3.2CH4O3S/c27-23(28)19-2-1-18-14-22(12-7-17(18)13-19)35-25(34)16-5-10-20(11-6-16)31-24(33)15-3-8-21(9-4-15)32-26(29)30;2*1-5(2,3)4/h1-14H,(H3,27,28)(H,31,33)(H4,29,30,32);2*1H3,(H,2,3,4). The molecule has 17 heteroatoms. The summed E-state index contributed by atoms with van der Waals surface area (Å²) in [5.74, 6) is -0.536. The van der Waals surface area contributed by atoms with Gasteiger partial charge in [-0.1, -0.05) is 18.2 Å². The van der Waals surface area contributed by atoms with E-state index in [4.69, 9.17) is 36.5 Å². The molecule has 0 atom stereocenters. The highest BCUT2D eigenvalue weighted by atomic mass is 32.2. The normalized spacial score (nSPS) is 10.7. The van der Waals surface area contributed by atoms with E-state index in [0.717, 1.165) is 10.8 Å². The van der Waals surface area contributed by atoms with Gasteiger partial charge in [0, 0.05) is 16.8 Å². The number of ether oxygens (including phenoxy) is 1. The number of nitrogen functional groups attached to an aromatic ring is 1. The SMILES string of the molecule is CS(=O)(=O)O.CS(=O)(=O)O.N=C(N)c1ccc2cc(OC(=O)c3ccc(NC(=O)c4ccc(N=C(N)N)cc4)cc3)ccc2c1. The maximum absolute atomic E-state index is 12.6. The first-order chi connectivity index (χ1) is 20.8. The zero-order valence-electron chi connectivity index (χ0n) is 23.8. The van der Waals surface area contributed by atoms with Crippen LogP contribution in [-0.4, -0.2) is 62.1 Å². The first kappa shape index (κ1) is 35.8. The number of aliphatic imine (C=N–C) groups is 1. The Balaban J connectivity index is 0.000000613. The number of fused-ring (bicyclic) bond motifs is 1. The molecule has 45 heavy (non-hydrogen) atoms. The molecule has 0 saturated heterocycles. The molecule has 0 heterocycles. The number of nitrogens with zero attached hydrogens (tertiary/aromatic N) is 1. The van der Waals surface area contributed by atoms with E-state index in [2.05, 4.69) is 10.3 Å². The van der Waals surface area contributed by atoms with Crippen molar-refractivity contribution < 1.29 is 40.3 Å². The van der Waals surface area contributed by atoms with Gasteiger partial charge in [-0.15, -0.1) is 0 Å². The van der Waals surface area contributed by atoms with Crippen LogP contribution in [0.2, 0.25) is 0 Å². The van der Waals surface area contributed by atoms with Gasteiger partial charge in [-0.25, -0.2) is 9.79 Å². The lowest BCUT2D eigenvalue weighted by atomic mass is 10.1. The van der Waals surface area contributed by atoms with Crippen LogP contribution in [0, 0.1) is 5.41 Å². The molecule has 0 spiro atoms. The van der Waals surface area contributed by atoms with Gasteiger partial charge in [0.05, 0.1) is 23.8 Å². The van der Waals surface area contributed by atoms with Crippen LogP contribution in [0.25, 0.3) is 10.8 Å². The summed E-state index contributed by atoms with van der Waals surface area (Å²) in [6.45, 7) is 0. The van der Waals surface area contributed by atoms with Crippen LogP contribution in [0.5, 0.6) is 5.75 Å². The van der Waals surface area contributed by atoms with E-state index in [1.807, 2.05) is 6.07 Å². The maximum atomic E-state index is 12.6. The highest BCUT2D eigenvalue weighted by Gasteiger charge is 2.11. The first-order valence-corrected chi connectivity index (χ1v) is 16.0. The summed E-state index contributed by atoms with van der Waals surface area (Å²) < 4.78 is 57.2. The summed E-state index contributed by atoms with van der Waals surface area (Å²) in [6.07, 6.45) is 1.43. The molecule has 0 aliphatic carbocycles. The molecule has 4 rings (SSSR count). The molecular formula is C28H30N6O9S2. The van der Waals surface area contributed by atoms with Gasteiger partial charge in [-0.3, -0.25) is 19.3 Å². The van der Waals surface area contributed by atoms with Gasteiger partial charge in [0.25, 0.3) is 26.1 Å². The Labute approximate surface area is 258 Å². The van der Waals surface area contributed by atoms with Crippen LogP contribution in [0.15, 0.2) is 89.9 Å². The molecule has 0 aliphatic heterocycles. The van der Waals surface area contributed by atoms with Gasteiger partial charge in [0.1, 0.15) is 11.6 Å². The third-order valence-electron chi connectivity index (χ3n) is 5.10. The number of amidine groups is 1. The molecular weight excluding hydrogens is 628 g/mol. The average Bonchev–Trinajstić information content (AvgIpc) is 2.91. The number of amides is 1. The van der Waals surface area contributed by atoms with Crippen molar-refractivity contribution in [3.8, 4) is 5.75 Å². The zero-order chi connectivity index (χ0) is 33.9. The molecule has 15 nitrogen and oxygen atoms in total. The summed E-state index contributed by atoms with van der Waals surface area (Å²) in [5, 5.41) is 12.0. The molecule has 0 fully saturated rings. The molecule has 0 unspecified atom stereocenters. The lowest BCUT2D eigenvalue weighted by Crippen LogP contribution is -2.21. The third-order valence-corrected chi connectivity index (χ3v) is 5.10. The lowest BCUT2D eigenvalue weighted by Gasteiger charge is -2.08. The van der Waals surface area contributed by atoms with E-state index >= 15 is 0 Å². The zero-order valence-corrected chi connectivity index (χ0v) is 25.5. The minimum absolute atomic E-state index is 0.0113. The van der Waals surface area contributed by atoms with Crippen molar-refractivity contribution in [2.24, 2.45) is 22.2 Å². The number of carbonyl (C=O) groups excluding carboxylic acids is 2. The van der Waals surface area contributed by atoms with Crippen molar-refractivity contribution in [3.63, 3.8) is 0 Å². The van der Waals surface area contributed by atoms with Gasteiger partial charge in [0.15, 0.2) is 5.96 Å². The molecule has 10 N–H and O–H groups in total. The average molecular weight is 659 g/mol. The number of nitrogens with two attached hydrogens (primary N) is 3. The number of hydrogen-bond donors (Lipinski definition) is 7. The second kappa shape index (κ2) is 15.4. The largest absolute Gasteiger partial charge is 0.423 e. The highest BCUT2D eigenvalue weighted by Crippen LogP contribution is 2.23. The van der Waals surface area contributed by atoms with E-state index < -0.39 is 26.2 Å². The van der Waals surface area contributed by atoms with Crippen molar-refractivity contribution in [1.82, 2.24) is 0 Å². The Morgan fingerprint density at radius 3 is 1.71 bits per heavy atom. The van der Waals surface area contributed by atoms with Crippen LogP contribution >= 0.6 is 0 Å². The number of rotatable bonds is 6. The minimum atomic E-state index is -3.67. The molecule has 4 aromatic rings. The van der Waals surface area contributed by atoms with E-state index in [1.165, 1.54) is 0 Å². The van der Waals surface area contributed by atoms with Crippen LogP contribution in [-0.2, 0) is 20.2 Å². The Kier molecular flexibility index (Phi) is 12.3. The van der Waals surface area contributed by atoms with Crippen LogP contribution in [0.3, 0.4) is 0 Å². The van der Waals surface area contributed by atoms with Crippen LogP contribution in [0.4, 0.5) is 11.4 Å². The summed E-state index contributed by atoms with van der Waals surface area (Å²) in [4.78, 5) is 28.9. The smallest absolute Gasteiger partial charge is 0.343 e. The summed E-state index contributed by atoms with van der Waals surface area (Å²) >= 11 is 0. The molecule has 0 radical (unpaired) electrons. The van der Waals surface area contributed by atoms with E-state index in [9.17, 15) is 26.4 Å². The molecule has 0 bridgehead atoms. The number of carbonyl (C=O) groups is 2. The summed E-state index contributed by atoms with van der Waals surface area (Å²) in [7, 11) is -7.33.